The van der Waals surface area contributed by atoms with Crippen LogP contribution in [0.5, 0.6) is 0 Å². The molecule has 0 fully saturated rings. The van der Waals surface area contributed by atoms with E-state index in [-0.39, 0.29) is 21.7 Å². The van der Waals surface area contributed by atoms with Crippen molar-refractivity contribution in [3.05, 3.63) is 113 Å². The highest BCUT2D eigenvalue weighted by Crippen LogP contribution is 2.43. The molecule has 0 unspecified atom stereocenters. The zero-order chi connectivity index (χ0) is 30.4. The van der Waals surface area contributed by atoms with Crippen molar-refractivity contribution in [1.29, 1.82) is 0 Å². The van der Waals surface area contributed by atoms with Gasteiger partial charge in [-0.2, -0.15) is 0 Å². The van der Waals surface area contributed by atoms with Crippen molar-refractivity contribution >= 4 is 23.8 Å². The van der Waals surface area contributed by atoms with Gasteiger partial charge in [0.15, 0.2) is 0 Å². The lowest BCUT2D eigenvalue weighted by molar-refractivity contribution is 0.571. The van der Waals surface area contributed by atoms with E-state index in [2.05, 4.69) is 174 Å². The molecule has 0 heterocycles. The van der Waals surface area contributed by atoms with Crippen molar-refractivity contribution in [1.82, 2.24) is 0 Å². The zero-order valence-electron chi connectivity index (χ0n) is 27.6. The summed E-state index contributed by atoms with van der Waals surface area (Å²) in [6.07, 6.45) is 0. The maximum absolute atomic E-state index is 2.51. The van der Waals surface area contributed by atoms with Gasteiger partial charge >= 0.3 is 0 Å². The third-order valence-electron chi connectivity index (χ3n) is 8.03. The molecule has 0 aliphatic heterocycles. The average molecular weight is 563 g/mol. The normalized spacial score (nSPS) is 13.1. The van der Waals surface area contributed by atoms with Crippen LogP contribution in [0, 0.1) is 0 Å². The van der Waals surface area contributed by atoms with Crippen LogP contribution in [0.2, 0.25) is 0 Å². The molecule has 4 rings (SSSR count). The van der Waals surface area contributed by atoms with E-state index in [1.807, 2.05) is 0 Å². The van der Waals surface area contributed by atoms with Gasteiger partial charge in [0.25, 0.3) is 0 Å². The Morgan fingerprint density at radius 3 is 1.24 bits per heavy atom. The predicted octanol–water partition coefficient (Wildman–Crippen LogP) is 10.3. The fourth-order valence-corrected chi connectivity index (χ4v) is 8.51. The quantitative estimate of drug-likeness (QED) is 0.217. The Kier molecular flexibility index (Phi) is 8.53. The summed E-state index contributed by atoms with van der Waals surface area (Å²) in [5.41, 5.74) is 8.49. The molecule has 0 saturated heterocycles. The SMILES string of the molecule is CC(C)(C)c1ccc(P(c2cccc(-c3ccccc3)c2)c2ccc(C(C)(C)C)cc2C(C)(C)C)c(C(C)(C)C)c1. The van der Waals surface area contributed by atoms with Crippen LogP contribution in [0.1, 0.15) is 105 Å². The van der Waals surface area contributed by atoms with Crippen LogP contribution in [0.4, 0.5) is 0 Å². The molecule has 0 aliphatic rings. The molecule has 0 saturated carbocycles. The first kappa shape index (κ1) is 31.3. The van der Waals surface area contributed by atoms with Crippen LogP contribution >= 0.6 is 7.92 Å². The predicted molar refractivity (Wildman–Crippen MR) is 185 cm³/mol. The maximum atomic E-state index is 2.51. The first-order valence-electron chi connectivity index (χ1n) is 15.1. The van der Waals surface area contributed by atoms with Crippen LogP contribution in [0.15, 0.2) is 91.0 Å². The van der Waals surface area contributed by atoms with Crippen LogP contribution in [-0.2, 0) is 21.7 Å². The van der Waals surface area contributed by atoms with Crippen LogP contribution in [-0.4, -0.2) is 0 Å². The Bertz CT molecular complexity index is 1420. The molecule has 4 aromatic carbocycles. The highest BCUT2D eigenvalue weighted by atomic mass is 31.1. The van der Waals surface area contributed by atoms with Crippen LogP contribution in [0.3, 0.4) is 0 Å². The molecule has 216 valence electrons. The molecule has 0 amide bonds. The molecular weight excluding hydrogens is 511 g/mol. The van der Waals surface area contributed by atoms with Gasteiger partial charge in [-0.25, -0.2) is 0 Å². The fourth-order valence-electron chi connectivity index (χ4n) is 5.46. The molecule has 0 nitrogen and oxygen atoms in total. The Hall–Kier alpha value is -2.69. The Morgan fingerprint density at radius 1 is 0.390 bits per heavy atom. The van der Waals surface area contributed by atoms with Crippen molar-refractivity contribution in [2.45, 2.75) is 105 Å². The molecule has 41 heavy (non-hydrogen) atoms. The minimum Gasteiger partial charge on any atom is -0.0622 e. The average Bonchev–Trinajstić information content (AvgIpc) is 2.87. The van der Waals surface area contributed by atoms with E-state index in [0.717, 1.165) is 0 Å². The van der Waals surface area contributed by atoms with Gasteiger partial charge in [0.2, 0.25) is 0 Å². The van der Waals surface area contributed by atoms with Gasteiger partial charge in [-0.05, 0) is 84.9 Å². The highest BCUT2D eigenvalue weighted by Gasteiger charge is 2.32. The largest absolute Gasteiger partial charge is 0.0622 e. The van der Waals surface area contributed by atoms with Gasteiger partial charge in [0, 0.05) is 0 Å². The third-order valence-corrected chi connectivity index (χ3v) is 10.6. The zero-order valence-corrected chi connectivity index (χ0v) is 28.5. The lowest BCUT2D eigenvalue weighted by atomic mass is 9.80. The van der Waals surface area contributed by atoms with Crippen molar-refractivity contribution in [2.24, 2.45) is 0 Å². The number of hydrogen-bond donors (Lipinski definition) is 0. The van der Waals surface area contributed by atoms with E-state index in [4.69, 9.17) is 0 Å². The standard InChI is InChI=1S/C40H51P/c1-37(2,3)30-21-23-35(33(26-30)39(7,8)9)41(32-20-16-19-29(25-32)28-17-14-13-15-18-28)36-24-22-31(38(4,5)6)27-34(36)40(10,11)12/h13-27H,1-12H3. The summed E-state index contributed by atoms with van der Waals surface area (Å²) in [5, 5.41) is 4.35. The minimum atomic E-state index is -0.819. The van der Waals surface area contributed by atoms with E-state index in [1.165, 1.54) is 49.3 Å². The van der Waals surface area contributed by atoms with Crippen molar-refractivity contribution < 1.29 is 0 Å². The summed E-state index contributed by atoms with van der Waals surface area (Å²) < 4.78 is 0. The summed E-state index contributed by atoms with van der Waals surface area (Å²) in [6, 6.07) is 34.9. The molecule has 0 N–H and O–H groups in total. The molecule has 0 atom stereocenters. The minimum absolute atomic E-state index is 0.0153. The monoisotopic (exact) mass is 562 g/mol. The number of hydrogen-bond acceptors (Lipinski definition) is 0. The molecule has 0 aliphatic carbocycles. The van der Waals surface area contributed by atoms with Gasteiger partial charge in [0.05, 0.1) is 0 Å². The summed E-state index contributed by atoms with van der Waals surface area (Å²) >= 11 is 0. The Balaban J connectivity index is 2.09. The molecule has 0 radical (unpaired) electrons. The second kappa shape index (κ2) is 11.2. The fraction of sp³-hybridized carbons (Fsp3) is 0.400. The molecule has 1 heteroatoms. The maximum Gasteiger partial charge on any atom is -0.0113 e. The third kappa shape index (κ3) is 7.04. The molecule has 0 bridgehead atoms. The van der Waals surface area contributed by atoms with E-state index >= 15 is 0 Å². The Labute approximate surface area is 252 Å². The number of rotatable bonds is 4. The first-order valence-corrected chi connectivity index (χ1v) is 16.5. The van der Waals surface area contributed by atoms with E-state index in [9.17, 15) is 0 Å². The van der Waals surface area contributed by atoms with Gasteiger partial charge < -0.3 is 0 Å². The number of benzene rings is 4. The topological polar surface area (TPSA) is 0 Å². The van der Waals surface area contributed by atoms with Gasteiger partial charge in [-0.3, -0.25) is 0 Å². The van der Waals surface area contributed by atoms with E-state index in [1.54, 1.807) is 0 Å². The first-order chi connectivity index (χ1) is 18.9. The van der Waals surface area contributed by atoms with E-state index in [0.29, 0.717) is 0 Å². The van der Waals surface area contributed by atoms with Crippen LogP contribution < -0.4 is 15.9 Å². The second-order valence-electron chi connectivity index (χ2n) is 15.7. The van der Waals surface area contributed by atoms with Crippen LogP contribution in [0.25, 0.3) is 11.1 Å². The van der Waals surface area contributed by atoms with Crippen molar-refractivity contribution in [2.75, 3.05) is 0 Å². The Morgan fingerprint density at radius 2 is 0.829 bits per heavy atom. The van der Waals surface area contributed by atoms with Gasteiger partial charge in [-0.15, -0.1) is 0 Å². The van der Waals surface area contributed by atoms with Gasteiger partial charge in [-0.1, -0.05) is 168 Å². The molecular formula is C40H51P. The summed E-state index contributed by atoms with van der Waals surface area (Å²) in [7, 11) is -0.819. The second-order valence-corrected chi connectivity index (χ2v) is 17.9. The molecule has 0 spiro atoms. The molecule has 4 aromatic rings. The summed E-state index contributed by atoms with van der Waals surface area (Å²) in [4.78, 5) is 0. The molecule has 0 aromatic heterocycles. The summed E-state index contributed by atoms with van der Waals surface area (Å²) in [6.45, 7) is 28.2. The van der Waals surface area contributed by atoms with Crippen molar-refractivity contribution in [3.8, 4) is 11.1 Å². The lowest BCUT2D eigenvalue weighted by Gasteiger charge is -2.34. The van der Waals surface area contributed by atoms with Gasteiger partial charge in [0.1, 0.15) is 0 Å². The summed E-state index contributed by atoms with van der Waals surface area (Å²) in [5.74, 6) is 0. The smallest absolute Gasteiger partial charge is 0.0113 e. The van der Waals surface area contributed by atoms with E-state index < -0.39 is 7.92 Å². The highest BCUT2D eigenvalue weighted by molar-refractivity contribution is 7.80. The van der Waals surface area contributed by atoms with Crippen molar-refractivity contribution in [3.63, 3.8) is 0 Å². The lowest BCUT2D eigenvalue weighted by Crippen LogP contribution is -2.33.